The summed E-state index contributed by atoms with van der Waals surface area (Å²) >= 11 is 0. The summed E-state index contributed by atoms with van der Waals surface area (Å²) in [6.45, 7) is 6.46. The molecule has 0 saturated carbocycles. The summed E-state index contributed by atoms with van der Waals surface area (Å²) in [5, 5.41) is 23.6. The molecule has 32 heavy (non-hydrogen) atoms. The van der Waals surface area contributed by atoms with Crippen molar-refractivity contribution in [2.24, 2.45) is 5.41 Å². The van der Waals surface area contributed by atoms with Gasteiger partial charge >= 0.3 is 5.97 Å². The number of hydrogen-bond donors (Lipinski definition) is 2. The number of carboxylic acids is 1. The van der Waals surface area contributed by atoms with Crippen molar-refractivity contribution in [3.05, 3.63) is 54.1 Å². The Morgan fingerprint density at radius 1 is 1.06 bits per heavy atom. The predicted molar refractivity (Wildman–Crippen MR) is 121 cm³/mol. The van der Waals surface area contributed by atoms with E-state index in [-0.39, 0.29) is 12.3 Å². The molecule has 0 radical (unpaired) electrons. The molecule has 168 valence electrons. The highest BCUT2D eigenvalue weighted by atomic mass is 16.4. The molecule has 1 aromatic heterocycles. The Morgan fingerprint density at radius 3 is 2.34 bits per heavy atom. The van der Waals surface area contributed by atoms with Gasteiger partial charge in [-0.25, -0.2) is 0 Å². The van der Waals surface area contributed by atoms with E-state index in [0.717, 1.165) is 28.7 Å². The molecule has 1 amide bonds. The molecule has 3 rings (SSSR count). The van der Waals surface area contributed by atoms with Crippen LogP contribution in [-0.2, 0) is 16.1 Å². The van der Waals surface area contributed by atoms with Gasteiger partial charge in [0.25, 0.3) is 0 Å². The Bertz CT molecular complexity index is 1050. The molecular formula is C24H29N5O3. The number of carbonyl (C=O) groups excluding carboxylic acids is 1. The Kier molecular flexibility index (Phi) is 7.35. The number of nitrogens with one attached hydrogen (secondary N) is 1. The van der Waals surface area contributed by atoms with Gasteiger partial charge in [0.05, 0.1) is 5.41 Å². The van der Waals surface area contributed by atoms with Crippen LogP contribution in [-0.4, -0.2) is 49.1 Å². The van der Waals surface area contributed by atoms with Crippen molar-refractivity contribution in [3.63, 3.8) is 0 Å². The number of nitrogens with zero attached hydrogens (tertiary/aromatic N) is 4. The largest absolute Gasteiger partial charge is 0.481 e. The van der Waals surface area contributed by atoms with Crippen molar-refractivity contribution in [2.75, 3.05) is 6.54 Å². The Labute approximate surface area is 187 Å². The van der Waals surface area contributed by atoms with Gasteiger partial charge in [-0.2, -0.15) is 5.21 Å². The maximum atomic E-state index is 12.8. The van der Waals surface area contributed by atoms with Gasteiger partial charge < -0.3 is 10.0 Å². The van der Waals surface area contributed by atoms with E-state index in [1.54, 1.807) is 18.7 Å². The molecule has 2 N–H and O–H groups in total. The van der Waals surface area contributed by atoms with Crippen LogP contribution >= 0.6 is 0 Å². The maximum Gasteiger partial charge on any atom is 0.309 e. The number of amides is 1. The number of aromatic amines is 1. The lowest BCUT2D eigenvalue weighted by Crippen LogP contribution is -2.33. The number of rotatable bonds is 10. The van der Waals surface area contributed by atoms with Crippen LogP contribution in [0.2, 0.25) is 0 Å². The van der Waals surface area contributed by atoms with Crippen LogP contribution in [0.15, 0.2) is 48.5 Å². The highest BCUT2D eigenvalue weighted by Gasteiger charge is 2.28. The van der Waals surface area contributed by atoms with Crippen molar-refractivity contribution < 1.29 is 14.7 Å². The van der Waals surface area contributed by atoms with Crippen molar-refractivity contribution in [2.45, 2.75) is 46.6 Å². The molecule has 2 aromatic carbocycles. The monoisotopic (exact) mass is 435 g/mol. The zero-order valence-corrected chi connectivity index (χ0v) is 18.7. The number of carbonyl (C=O) groups is 2. The van der Waals surface area contributed by atoms with Crippen LogP contribution in [0.4, 0.5) is 0 Å². The quantitative estimate of drug-likeness (QED) is 0.494. The number of benzene rings is 2. The van der Waals surface area contributed by atoms with Gasteiger partial charge in [0.1, 0.15) is 0 Å². The molecule has 0 unspecified atom stereocenters. The molecule has 8 nitrogen and oxygen atoms in total. The van der Waals surface area contributed by atoms with Gasteiger partial charge in [0, 0.05) is 25.1 Å². The van der Waals surface area contributed by atoms with Crippen LogP contribution in [0.3, 0.4) is 0 Å². The third kappa shape index (κ3) is 5.57. The van der Waals surface area contributed by atoms with E-state index in [4.69, 9.17) is 0 Å². The third-order valence-corrected chi connectivity index (χ3v) is 5.54. The second-order valence-electron chi connectivity index (χ2n) is 8.48. The molecule has 0 aliphatic heterocycles. The van der Waals surface area contributed by atoms with Gasteiger partial charge in [-0.3, -0.25) is 9.59 Å². The highest BCUT2D eigenvalue weighted by Crippen LogP contribution is 2.30. The van der Waals surface area contributed by atoms with Gasteiger partial charge in [0.2, 0.25) is 11.7 Å². The first-order chi connectivity index (χ1) is 15.3. The van der Waals surface area contributed by atoms with Crippen LogP contribution in [0.25, 0.3) is 22.5 Å². The maximum absolute atomic E-state index is 12.8. The molecule has 0 fully saturated rings. The van der Waals surface area contributed by atoms with E-state index < -0.39 is 11.4 Å². The van der Waals surface area contributed by atoms with Gasteiger partial charge in [-0.05, 0) is 48.6 Å². The Morgan fingerprint density at radius 2 is 1.75 bits per heavy atom. The summed E-state index contributed by atoms with van der Waals surface area (Å²) in [6.07, 6.45) is 1.37. The normalized spacial score (nSPS) is 11.3. The Balaban J connectivity index is 1.73. The molecule has 3 aromatic rings. The fourth-order valence-electron chi connectivity index (χ4n) is 3.46. The molecule has 0 saturated heterocycles. The lowest BCUT2D eigenvalue weighted by molar-refractivity contribution is -0.147. The summed E-state index contributed by atoms with van der Waals surface area (Å²) in [4.78, 5) is 25.9. The van der Waals surface area contributed by atoms with E-state index in [9.17, 15) is 14.7 Å². The smallest absolute Gasteiger partial charge is 0.309 e. The minimum absolute atomic E-state index is 0.0206. The topological polar surface area (TPSA) is 112 Å². The van der Waals surface area contributed by atoms with Crippen molar-refractivity contribution >= 4 is 11.9 Å². The molecule has 1 heterocycles. The summed E-state index contributed by atoms with van der Waals surface area (Å²) in [6, 6.07) is 15.9. The summed E-state index contributed by atoms with van der Waals surface area (Å²) in [7, 11) is 0. The molecule has 0 aliphatic carbocycles. The molecule has 0 spiro atoms. The fraction of sp³-hybridized carbons (Fsp3) is 0.375. The molecule has 8 heteroatoms. The number of tetrazole rings is 1. The SMILES string of the molecule is CCCN(Cc1ccc(-c2ccccc2-c2nn[nH]n2)cc1)C(=O)CCC(C)(C)C(=O)O. The highest BCUT2D eigenvalue weighted by molar-refractivity contribution is 5.81. The van der Waals surface area contributed by atoms with E-state index in [0.29, 0.717) is 25.3 Å². The molecule has 0 bridgehead atoms. The Hall–Kier alpha value is -3.55. The summed E-state index contributed by atoms with van der Waals surface area (Å²) in [5.41, 5.74) is 3.01. The number of H-pyrrole nitrogens is 1. The van der Waals surface area contributed by atoms with Crippen LogP contribution in [0.1, 0.15) is 45.6 Å². The molecular weight excluding hydrogens is 406 g/mol. The summed E-state index contributed by atoms with van der Waals surface area (Å²) < 4.78 is 0. The second kappa shape index (κ2) is 10.2. The van der Waals surface area contributed by atoms with Crippen molar-refractivity contribution in [1.29, 1.82) is 0 Å². The minimum atomic E-state index is -0.915. The summed E-state index contributed by atoms with van der Waals surface area (Å²) in [5.74, 6) is -0.370. The van der Waals surface area contributed by atoms with Crippen molar-refractivity contribution in [3.8, 4) is 22.5 Å². The van der Waals surface area contributed by atoms with Crippen LogP contribution in [0, 0.1) is 5.41 Å². The van der Waals surface area contributed by atoms with Gasteiger partial charge in [0.15, 0.2) is 0 Å². The van der Waals surface area contributed by atoms with E-state index in [2.05, 4.69) is 20.6 Å². The van der Waals surface area contributed by atoms with Crippen LogP contribution < -0.4 is 0 Å². The average Bonchev–Trinajstić information content (AvgIpc) is 3.32. The van der Waals surface area contributed by atoms with E-state index in [1.165, 1.54) is 0 Å². The predicted octanol–water partition coefficient (Wildman–Crippen LogP) is 4.16. The lowest BCUT2D eigenvalue weighted by Gasteiger charge is -2.25. The standard InChI is InChI=1S/C24H29N5O3/c1-4-15-29(21(30)13-14-24(2,3)23(31)32)16-17-9-11-18(12-10-17)19-7-5-6-8-20(19)22-25-27-28-26-22/h5-12H,4,13-16H2,1-3H3,(H,31,32)(H,25,26,27,28). The second-order valence-corrected chi connectivity index (χ2v) is 8.48. The zero-order valence-electron chi connectivity index (χ0n) is 18.7. The number of aliphatic carboxylic acids is 1. The first kappa shape index (κ1) is 23.1. The lowest BCUT2D eigenvalue weighted by atomic mass is 9.88. The minimum Gasteiger partial charge on any atom is -0.481 e. The first-order valence-electron chi connectivity index (χ1n) is 10.7. The van der Waals surface area contributed by atoms with E-state index >= 15 is 0 Å². The number of aromatic nitrogens is 4. The number of hydrogen-bond acceptors (Lipinski definition) is 5. The first-order valence-corrected chi connectivity index (χ1v) is 10.7. The molecule has 0 atom stereocenters. The zero-order chi connectivity index (χ0) is 23.1. The van der Waals surface area contributed by atoms with E-state index in [1.807, 2.05) is 55.5 Å². The number of carboxylic acid groups (broad SMARTS) is 1. The van der Waals surface area contributed by atoms with Crippen molar-refractivity contribution in [1.82, 2.24) is 25.5 Å². The third-order valence-electron chi connectivity index (χ3n) is 5.54. The fourth-order valence-corrected chi connectivity index (χ4v) is 3.46. The van der Waals surface area contributed by atoms with Gasteiger partial charge in [-0.1, -0.05) is 55.5 Å². The van der Waals surface area contributed by atoms with Gasteiger partial charge in [-0.15, -0.1) is 10.2 Å². The van der Waals surface area contributed by atoms with Crippen LogP contribution in [0.5, 0.6) is 0 Å². The average molecular weight is 436 g/mol. The molecule has 0 aliphatic rings.